The highest BCUT2D eigenvalue weighted by Crippen LogP contribution is 2.36. The number of carbonyl (C=O) groups is 1. The van der Waals surface area contributed by atoms with E-state index in [0.29, 0.717) is 22.5 Å². The predicted octanol–water partition coefficient (Wildman–Crippen LogP) is 6.30. The van der Waals surface area contributed by atoms with E-state index in [-0.39, 0.29) is 35.5 Å². The Morgan fingerprint density at radius 2 is 1.95 bits per heavy atom. The number of aromatic nitrogens is 2. The van der Waals surface area contributed by atoms with E-state index in [9.17, 15) is 9.59 Å². The highest BCUT2D eigenvalue weighted by molar-refractivity contribution is 7.10. The molecule has 1 aliphatic rings. The standard InChI is InChI=1S/C34H36N6O3S/c1-19(16-25-7-5-6-22-14-15-36-30(22)25)37-31(35)29-32(41)39-44-33(29)38-27-11-8-23(9-12-27)34(42)40-20(2)17-26-18-24(21(3)43-4)10-13-28(26)40/h5-15,18-21,36,38H,16-17H2,1-4H3,(H2,35,37)(H,39,41). The summed E-state index contributed by atoms with van der Waals surface area (Å²) in [6, 6.07) is 21.5. The molecule has 0 saturated heterocycles. The van der Waals surface area contributed by atoms with E-state index >= 15 is 0 Å². The summed E-state index contributed by atoms with van der Waals surface area (Å²) in [6.07, 6.45) is 3.39. The number of nitrogens with zero attached hydrogens (tertiary/aromatic N) is 2. The zero-order chi connectivity index (χ0) is 31.0. The number of amides is 1. The minimum Gasteiger partial charge on any atom is -0.383 e. The van der Waals surface area contributed by atoms with Gasteiger partial charge < -0.3 is 25.7 Å². The lowest BCUT2D eigenvalue weighted by Gasteiger charge is -2.23. The fourth-order valence-corrected chi connectivity index (χ4v) is 6.69. The molecule has 0 aliphatic carbocycles. The number of para-hydroxylation sites is 1. The molecule has 9 nitrogen and oxygen atoms in total. The summed E-state index contributed by atoms with van der Waals surface area (Å²) in [4.78, 5) is 36.2. The van der Waals surface area contributed by atoms with Crippen LogP contribution in [0, 0.1) is 0 Å². The molecule has 0 fully saturated rings. The molecule has 44 heavy (non-hydrogen) atoms. The summed E-state index contributed by atoms with van der Waals surface area (Å²) < 4.78 is 8.24. The molecule has 10 heteroatoms. The molecule has 0 bridgehead atoms. The van der Waals surface area contributed by atoms with Gasteiger partial charge >= 0.3 is 0 Å². The highest BCUT2D eigenvalue weighted by atomic mass is 32.1. The van der Waals surface area contributed by atoms with Gasteiger partial charge in [-0.15, -0.1) is 0 Å². The predicted molar refractivity (Wildman–Crippen MR) is 179 cm³/mol. The number of benzene rings is 3. The van der Waals surface area contributed by atoms with Gasteiger partial charge in [-0.1, -0.05) is 30.3 Å². The normalized spacial score (nSPS) is 16.2. The van der Waals surface area contributed by atoms with Crippen LogP contribution in [-0.4, -0.2) is 40.3 Å². The largest absolute Gasteiger partial charge is 0.383 e. The molecular weight excluding hydrogens is 572 g/mol. The number of amidine groups is 1. The number of nitrogens with one attached hydrogen (secondary N) is 3. The quantitative estimate of drug-likeness (QED) is 0.115. The number of rotatable bonds is 9. The molecule has 0 radical (unpaired) electrons. The lowest BCUT2D eigenvalue weighted by molar-refractivity contribution is 0.0981. The molecule has 5 N–H and O–H groups in total. The van der Waals surface area contributed by atoms with E-state index < -0.39 is 0 Å². The van der Waals surface area contributed by atoms with Crippen LogP contribution in [0.5, 0.6) is 0 Å². The number of nitrogens with two attached hydrogens (primary N) is 1. The molecule has 0 spiro atoms. The molecule has 3 heterocycles. The van der Waals surface area contributed by atoms with Gasteiger partial charge in [-0.2, -0.15) is 0 Å². The van der Waals surface area contributed by atoms with Crippen LogP contribution in [0.25, 0.3) is 10.9 Å². The van der Waals surface area contributed by atoms with Crippen molar-refractivity contribution in [3.05, 3.63) is 111 Å². The smallest absolute Gasteiger partial charge is 0.271 e. The van der Waals surface area contributed by atoms with Crippen LogP contribution in [0.3, 0.4) is 0 Å². The van der Waals surface area contributed by atoms with Gasteiger partial charge in [0.2, 0.25) is 0 Å². The fourth-order valence-electron chi connectivity index (χ4n) is 5.92. The summed E-state index contributed by atoms with van der Waals surface area (Å²) in [7, 11) is 1.70. The van der Waals surface area contributed by atoms with E-state index in [4.69, 9.17) is 10.5 Å². The molecule has 3 aromatic carbocycles. The van der Waals surface area contributed by atoms with Crippen molar-refractivity contribution >= 4 is 50.6 Å². The molecule has 5 aromatic rings. The van der Waals surface area contributed by atoms with E-state index in [2.05, 4.69) is 44.8 Å². The first kappa shape index (κ1) is 29.4. The van der Waals surface area contributed by atoms with Crippen LogP contribution in [0.4, 0.5) is 16.4 Å². The Kier molecular flexibility index (Phi) is 8.11. The monoisotopic (exact) mass is 608 g/mol. The summed E-state index contributed by atoms with van der Waals surface area (Å²) >= 11 is 1.16. The minimum atomic E-state index is -0.297. The molecule has 1 amide bonds. The molecule has 2 aromatic heterocycles. The third-order valence-electron chi connectivity index (χ3n) is 8.26. The number of hydrogen-bond acceptors (Lipinski definition) is 6. The maximum absolute atomic E-state index is 13.6. The summed E-state index contributed by atoms with van der Waals surface area (Å²) in [5.74, 6) is 0.125. The molecule has 1 aliphatic heterocycles. The SMILES string of the molecule is COC(C)c1ccc2c(c1)CC(C)N2C(=O)c1ccc(Nc2s[nH]c(=O)c2C(N)=NC(C)Cc2cccc3cc[nH]c23)cc1. The molecule has 6 rings (SSSR count). The number of aromatic amines is 2. The number of anilines is 3. The molecule has 3 atom stereocenters. The maximum Gasteiger partial charge on any atom is 0.271 e. The van der Waals surface area contributed by atoms with E-state index in [0.717, 1.165) is 56.9 Å². The van der Waals surface area contributed by atoms with Crippen LogP contribution in [0.2, 0.25) is 0 Å². The molecule has 226 valence electrons. The van der Waals surface area contributed by atoms with E-state index in [1.807, 2.05) is 61.3 Å². The number of aliphatic imine (C=N–C) groups is 1. The van der Waals surface area contributed by atoms with Crippen LogP contribution in [0.1, 0.15) is 59.5 Å². The zero-order valence-electron chi connectivity index (χ0n) is 25.2. The van der Waals surface area contributed by atoms with Gasteiger partial charge in [0, 0.05) is 41.8 Å². The van der Waals surface area contributed by atoms with Crippen molar-refractivity contribution in [1.82, 2.24) is 9.36 Å². The lowest BCUT2D eigenvalue weighted by Crippen LogP contribution is -2.35. The van der Waals surface area contributed by atoms with Crippen molar-refractivity contribution in [3.8, 4) is 0 Å². The van der Waals surface area contributed by atoms with Crippen LogP contribution in [-0.2, 0) is 17.6 Å². The van der Waals surface area contributed by atoms with E-state index in [1.54, 1.807) is 19.2 Å². The minimum absolute atomic E-state index is 0.00486. The number of carbonyl (C=O) groups excluding carboxylic acids is 1. The second-order valence-electron chi connectivity index (χ2n) is 11.4. The number of methoxy groups -OCH3 is 1. The number of H-pyrrole nitrogens is 2. The van der Waals surface area contributed by atoms with Gasteiger partial charge in [0.15, 0.2) is 0 Å². The van der Waals surface area contributed by atoms with Crippen molar-refractivity contribution in [3.63, 3.8) is 0 Å². The summed E-state index contributed by atoms with van der Waals surface area (Å²) in [6.45, 7) is 6.06. The van der Waals surface area contributed by atoms with Crippen LogP contribution >= 0.6 is 11.5 Å². The molecule has 3 unspecified atom stereocenters. The molecule has 0 saturated carbocycles. The van der Waals surface area contributed by atoms with Gasteiger partial charge in [-0.25, -0.2) is 0 Å². The first-order chi connectivity index (χ1) is 21.2. The van der Waals surface area contributed by atoms with Gasteiger partial charge in [0.1, 0.15) is 16.4 Å². The Hall–Kier alpha value is -4.67. The number of hydrogen-bond donors (Lipinski definition) is 4. The van der Waals surface area contributed by atoms with Gasteiger partial charge in [0.05, 0.1) is 12.1 Å². The Labute approximate surface area is 259 Å². The van der Waals surface area contributed by atoms with Gasteiger partial charge in [-0.3, -0.25) is 19.0 Å². The third-order valence-corrected chi connectivity index (χ3v) is 9.05. The van der Waals surface area contributed by atoms with Crippen molar-refractivity contribution in [2.24, 2.45) is 10.7 Å². The average molecular weight is 609 g/mol. The third kappa shape index (κ3) is 5.66. The first-order valence-corrected chi connectivity index (χ1v) is 15.5. The topological polar surface area (TPSA) is 129 Å². The second kappa shape index (κ2) is 12.1. The van der Waals surface area contributed by atoms with Gasteiger partial charge in [0.25, 0.3) is 11.5 Å². The lowest BCUT2D eigenvalue weighted by atomic mass is 10.0. The summed E-state index contributed by atoms with van der Waals surface area (Å²) in [5, 5.41) is 5.00. The number of ether oxygens (including phenoxy) is 1. The average Bonchev–Trinajstić information content (AvgIpc) is 3.73. The van der Waals surface area contributed by atoms with Gasteiger partial charge in [-0.05, 0) is 104 Å². The maximum atomic E-state index is 13.6. The Balaban J connectivity index is 1.17. The van der Waals surface area contributed by atoms with Crippen molar-refractivity contribution in [1.29, 1.82) is 0 Å². The fraction of sp³-hybridized carbons (Fsp3) is 0.265. The van der Waals surface area contributed by atoms with Crippen LogP contribution < -0.4 is 21.5 Å². The zero-order valence-corrected chi connectivity index (χ0v) is 26.0. The van der Waals surface area contributed by atoms with Crippen LogP contribution in [0.15, 0.2) is 82.7 Å². The highest BCUT2D eigenvalue weighted by Gasteiger charge is 2.32. The Bertz CT molecular complexity index is 1900. The van der Waals surface area contributed by atoms with Crippen molar-refractivity contribution in [2.45, 2.75) is 51.8 Å². The Morgan fingerprint density at radius 3 is 2.73 bits per heavy atom. The Morgan fingerprint density at radius 1 is 1.16 bits per heavy atom. The van der Waals surface area contributed by atoms with Crippen molar-refractivity contribution < 1.29 is 9.53 Å². The number of fused-ring (bicyclic) bond motifs is 2. The van der Waals surface area contributed by atoms with Crippen molar-refractivity contribution in [2.75, 3.05) is 17.3 Å². The molecular formula is C34H36N6O3S. The first-order valence-electron chi connectivity index (χ1n) is 14.7. The van der Waals surface area contributed by atoms with E-state index in [1.165, 1.54) is 0 Å². The second-order valence-corrected chi connectivity index (χ2v) is 12.2. The summed E-state index contributed by atoms with van der Waals surface area (Å²) in [5.41, 5.74) is 13.1.